The lowest BCUT2D eigenvalue weighted by Crippen LogP contribution is -2.01. The number of Topliss-reactive ketones (excluding diaryl/α,β-unsaturated/α-hetero) is 1. The fraction of sp³-hybridized carbons (Fsp3) is 0.333. The summed E-state index contributed by atoms with van der Waals surface area (Å²) in [6, 6.07) is 7.56. The number of rotatable bonds is 4. The molecule has 18 heavy (non-hydrogen) atoms. The fourth-order valence-electron chi connectivity index (χ4n) is 1.90. The van der Waals surface area contributed by atoms with Gasteiger partial charge >= 0.3 is 0 Å². The maximum atomic E-state index is 12.1. The Morgan fingerprint density at radius 2 is 2.17 bits per heavy atom. The summed E-state index contributed by atoms with van der Waals surface area (Å²) in [5.74, 6) is 0.733. The normalized spacial score (nSPS) is 11.1. The number of carbonyl (C=O) groups excluding carboxylic acids is 1. The van der Waals surface area contributed by atoms with Gasteiger partial charge in [-0.1, -0.05) is 19.9 Å². The van der Waals surface area contributed by atoms with Crippen molar-refractivity contribution in [2.24, 2.45) is 5.92 Å². The van der Waals surface area contributed by atoms with Gasteiger partial charge < -0.3 is 0 Å². The number of fused-ring (bicyclic) bond motifs is 1. The van der Waals surface area contributed by atoms with Crippen molar-refractivity contribution < 1.29 is 4.79 Å². The van der Waals surface area contributed by atoms with Crippen molar-refractivity contribution in [2.75, 3.05) is 0 Å². The number of hydrogen-bond acceptors (Lipinski definition) is 3. The van der Waals surface area contributed by atoms with Crippen LogP contribution in [0.2, 0.25) is 0 Å². The predicted molar refractivity (Wildman–Crippen MR) is 77.4 cm³/mol. The quantitative estimate of drug-likeness (QED) is 0.660. The van der Waals surface area contributed by atoms with Crippen molar-refractivity contribution >= 4 is 29.3 Å². The summed E-state index contributed by atoms with van der Waals surface area (Å²) in [4.78, 5) is 17.1. The summed E-state index contributed by atoms with van der Waals surface area (Å²) < 4.78 is 0. The Kier molecular flexibility index (Phi) is 4.02. The lowest BCUT2D eigenvalue weighted by molar-refractivity contribution is 0.0975. The first kappa shape index (κ1) is 13.1. The second kappa shape index (κ2) is 5.53. The van der Waals surface area contributed by atoms with E-state index < -0.39 is 0 Å². The molecule has 0 spiro atoms. The molecule has 1 aromatic carbocycles. The largest absolute Gasteiger partial charge is 0.294 e. The van der Waals surface area contributed by atoms with E-state index in [9.17, 15) is 4.79 Å². The fourth-order valence-corrected chi connectivity index (χ4v) is 2.22. The van der Waals surface area contributed by atoms with E-state index >= 15 is 0 Å². The highest BCUT2D eigenvalue weighted by molar-refractivity contribution is 7.80. The predicted octanol–water partition coefficient (Wildman–Crippen LogP) is 4.14. The van der Waals surface area contributed by atoms with Crippen molar-refractivity contribution in [2.45, 2.75) is 31.6 Å². The van der Waals surface area contributed by atoms with Crippen LogP contribution in [0.4, 0.5) is 0 Å². The van der Waals surface area contributed by atoms with Gasteiger partial charge in [-0.25, -0.2) is 0 Å². The molecule has 1 heterocycles. The first-order chi connectivity index (χ1) is 8.58. The molecule has 2 aromatic rings. The van der Waals surface area contributed by atoms with Gasteiger partial charge in [-0.3, -0.25) is 9.78 Å². The number of benzene rings is 1. The van der Waals surface area contributed by atoms with Gasteiger partial charge in [0.1, 0.15) is 0 Å². The lowest BCUT2D eigenvalue weighted by atomic mass is 10.00. The molecule has 0 saturated carbocycles. The maximum absolute atomic E-state index is 12.1. The van der Waals surface area contributed by atoms with Gasteiger partial charge in [0.2, 0.25) is 0 Å². The molecule has 0 atom stereocenters. The van der Waals surface area contributed by atoms with E-state index in [1.165, 1.54) is 0 Å². The Morgan fingerprint density at radius 3 is 2.89 bits per heavy atom. The smallest absolute Gasteiger partial charge is 0.162 e. The van der Waals surface area contributed by atoms with Crippen LogP contribution in [0, 0.1) is 5.92 Å². The van der Waals surface area contributed by atoms with Crippen LogP contribution in [0.15, 0.2) is 35.4 Å². The monoisotopic (exact) mass is 259 g/mol. The number of hydrogen-bond donors (Lipinski definition) is 1. The molecule has 0 radical (unpaired) electrons. The molecule has 0 bridgehead atoms. The van der Waals surface area contributed by atoms with Crippen molar-refractivity contribution in [1.29, 1.82) is 0 Å². The summed E-state index contributed by atoms with van der Waals surface area (Å²) >= 11 is 4.41. The second-order valence-corrected chi connectivity index (χ2v) is 5.41. The number of nitrogens with zero attached hydrogens (tertiary/aromatic N) is 1. The number of thiol groups is 1. The molecule has 0 fully saturated rings. The van der Waals surface area contributed by atoms with Gasteiger partial charge in [-0.2, -0.15) is 0 Å². The Labute approximate surface area is 113 Å². The van der Waals surface area contributed by atoms with Gasteiger partial charge in [0, 0.05) is 28.5 Å². The van der Waals surface area contributed by atoms with Crippen LogP contribution < -0.4 is 0 Å². The van der Waals surface area contributed by atoms with E-state index in [1.54, 1.807) is 6.20 Å². The van der Waals surface area contributed by atoms with E-state index in [1.807, 2.05) is 24.3 Å². The van der Waals surface area contributed by atoms with Crippen molar-refractivity contribution in [3.05, 3.63) is 36.0 Å². The van der Waals surface area contributed by atoms with Gasteiger partial charge in [0.15, 0.2) is 5.78 Å². The van der Waals surface area contributed by atoms with Crippen LogP contribution >= 0.6 is 12.6 Å². The third-order valence-electron chi connectivity index (χ3n) is 2.96. The number of carbonyl (C=O) groups is 1. The van der Waals surface area contributed by atoms with E-state index in [4.69, 9.17) is 0 Å². The van der Waals surface area contributed by atoms with Crippen molar-refractivity contribution in [1.82, 2.24) is 4.98 Å². The molecular formula is C15H17NOS. The Balaban J connectivity index is 2.31. The molecular weight excluding hydrogens is 242 g/mol. The maximum Gasteiger partial charge on any atom is 0.162 e. The molecule has 0 aliphatic rings. The summed E-state index contributed by atoms with van der Waals surface area (Å²) in [6.45, 7) is 4.25. The third-order valence-corrected chi connectivity index (χ3v) is 3.30. The van der Waals surface area contributed by atoms with Gasteiger partial charge in [-0.05, 0) is 30.5 Å². The van der Waals surface area contributed by atoms with E-state index in [0.29, 0.717) is 12.3 Å². The van der Waals surface area contributed by atoms with E-state index in [2.05, 4.69) is 31.5 Å². The zero-order valence-corrected chi connectivity index (χ0v) is 11.6. The number of ketones is 1. The molecule has 0 N–H and O–H groups in total. The summed E-state index contributed by atoms with van der Waals surface area (Å²) in [7, 11) is 0. The van der Waals surface area contributed by atoms with E-state index in [0.717, 1.165) is 27.8 Å². The minimum atomic E-state index is 0.185. The zero-order valence-electron chi connectivity index (χ0n) is 10.7. The molecule has 0 unspecified atom stereocenters. The van der Waals surface area contributed by atoms with Crippen LogP contribution in [0.25, 0.3) is 10.9 Å². The van der Waals surface area contributed by atoms with Crippen LogP contribution in [0.3, 0.4) is 0 Å². The first-order valence-corrected chi connectivity index (χ1v) is 6.63. The van der Waals surface area contributed by atoms with Crippen LogP contribution in [-0.2, 0) is 0 Å². The summed E-state index contributed by atoms with van der Waals surface area (Å²) in [5.41, 5.74) is 1.59. The highest BCUT2D eigenvalue weighted by Gasteiger charge is 2.10. The van der Waals surface area contributed by atoms with Gasteiger partial charge in [0.05, 0.1) is 5.52 Å². The van der Waals surface area contributed by atoms with Crippen molar-refractivity contribution in [3.8, 4) is 0 Å². The molecule has 0 amide bonds. The van der Waals surface area contributed by atoms with Gasteiger partial charge in [0.25, 0.3) is 0 Å². The number of aromatic nitrogens is 1. The zero-order chi connectivity index (χ0) is 13.1. The minimum absolute atomic E-state index is 0.185. The summed E-state index contributed by atoms with van der Waals surface area (Å²) in [6.07, 6.45) is 3.25. The topological polar surface area (TPSA) is 30.0 Å². The average molecular weight is 259 g/mol. The van der Waals surface area contributed by atoms with Crippen LogP contribution in [0.5, 0.6) is 0 Å². The molecule has 0 aliphatic carbocycles. The van der Waals surface area contributed by atoms with E-state index in [-0.39, 0.29) is 5.78 Å². The molecule has 2 nitrogen and oxygen atoms in total. The molecule has 0 aliphatic heterocycles. The summed E-state index contributed by atoms with van der Waals surface area (Å²) in [5, 5.41) is 0.970. The molecule has 1 aromatic heterocycles. The first-order valence-electron chi connectivity index (χ1n) is 6.19. The lowest BCUT2D eigenvalue weighted by Gasteiger charge is -2.07. The van der Waals surface area contributed by atoms with Crippen LogP contribution in [0.1, 0.15) is 37.0 Å². The molecule has 2 rings (SSSR count). The highest BCUT2D eigenvalue weighted by atomic mass is 32.1. The van der Waals surface area contributed by atoms with Crippen LogP contribution in [-0.4, -0.2) is 10.8 Å². The number of pyridine rings is 1. The molecule has 94 valence electrons. The van der Waals surface area contributed by atoms with Crippen molar-refractivity contribution in [3.63, 3.8) is 0 Å². The third kappa shape index (κ3) is 2.91. The van der Waals surface area contributed by atoms with Gasteiger partial charge in [-0.15, -0.1) is 12.6 Å². The highest BCUT2D eigenvalue weighted by Crippen LogP contribution is 2.23. The Bertz CT molecular complexity index is 578. The second-order valence-electron chi connectivity index (χ2n) is 4.93. The SMILES string of the molecule is CC(C)CCC(=O)c1cc(S)c2ncccc2c1. The standard InChI is InChI=1S/C15H17NOS/c1-10(2)5-6-13(17)12-8-11-4-3-7-16-15(11)14(18)9-12/h3-4,7-10,18H,5-6H2,1-2H3. The molecule has 3 heteroatoms. The minimum Gasteiger partial charge on any atom is -0.294 e. The Morgan fingerprint density at radius 1 is 1.39 bits per heavy atom. The Hall–Kier alpha value is -1.35. The average Bonchev–Trinajstić information content (AvgIpc) is 2.36. The molecule has 0 saturated heterocycles.